The zero-order valence-corrected chi connectivity index (χ0v) is 19.3. The molecule has 0 spiro atoms. The number of amides is 2. The molecule has 2 aliphatic rings. The predicted octanol–water partition coefficient (Wildman–Crippen LogP) is 5.18. The van der Waals surface area contributed by atoms with E-state index >= 15 is 0 Å². The summed E-state index contributed by atoms with van der Waals surface area (Å²) in [5.41, 5.74) is -0.767. The van der Waals surface area contributed by atoms with Gasteiger partial charge in [-0.2, -0.15) is 18.4 Å². The molecule has 4 rings (SSSR count). The minimum absolute atomic E-state index is 0.250. The number of halogens is 3. The Morgan fingerprint density at radius 3 is 2.20 bits per heavy atom. The maximum atomic E-state index is 14.1. The number of likely N-dealkylation sites (N-methyl/N-ethyl adjacent to an activating group) is 1. The van der Waals surface area contributed by atoms with Gasteiger partial charge in [0.1, 0.15) is 11.6 Å². The molecule has 0 saturated heterocycles. The van der Waals surface area contributed by atoms with Crippen molar-refractivity contribution in [1.82, 2.24) is 4.90 Å². The van der Waals surface area contributed by atoms with E-state index in [2.05, 4.69) is 0 Å². The van der Waals surface area contributed by atoms with Crippen molar-refractivity contribution in [3.63, 3.8) is 0 Å². The zero-order chi connectivity index (χ0) is 25.5. The number of carbonyl (C=O) groups is 2. The van der Waals surface area contributed by atoms with Gasteiger partial charge in [-0.15, -0.1) is 0 Å². The highest BCUT2D eigenvalue weighted by Gasteiger charge is 2.48. The molecule has 0 saturated carbocycles. The molecule has 0 unspecified atom stereocenters. The molecule has 0 atom stereocenters. The van der Waals surface area contributed by atoms with Crippen LogP contribution in [0.4, 0.5) is 18.9 Å². The maximum absolute atomic E-state index is 14.1. The highest BCUT2D eigenvalue weighted by atomic mass is 19.4. The number of nitriles is 1. The average Bonchev–Trinajstić information content (AvgIpc) is 3.01. The molecule has 2 aliphatic heterocycles. The first-order valence-corrected chi connectivity index (χ1v) is 10.9. The van der Waals surface area contributed by atoms with Gasteiger partial charge in [0.05, 0.1) is 17.7 Å². The van der Waals surface area contributed by atoms with Crippen molar-refractivity contribution in [3.05, 3.63) is 100 Å². The number of rotatable bonds is 3. The normalized spacial score (nSPS) is 20.0. The Kier molecular flexibility index (Phi) is 5.89. The van der Waals surface area contributed by atoms with Crippen LogP contribution in [0.5, 0.6) is 0 Å². The van der Waals surface area contributed by atoms with E-state index in [0.717, 1.165) is 17.3 Å². The molecule has 2 aromatic carbocycles. The number of imide groups is 1. The van der Waals surface area contributed by atoms with Crippen LogP contribution in [0.1, 0.15) is 25.0 Å². The summed E-state index contributed by atoms with van der Waals surface area (Å²) in [5, 5.41) is 9.49. The summed E-state index contributed by atoms with van der Waals surface area (Å²) in [7, 11) is 1.80. The number of hydrogen-bond donors (Lipinski definition) is 0. The molecule has 0 radical (unpaired) electrons. The van der Waals surface area contributed by atoms with Crippen molar-refractivity contribution in [3.8, 4) is 6.07 Å². The van der Waals surface area contributed by atoms with Gasteiger partial charge in [0, 0.05) is 23.8 Å². The third-order valence-electron chi connectivity index (χ3n) is 6.38. The van der Waals surface area contributed by atoms with E-state index in [4.69, 9.17) is 0 Å². The number of allylic oxidation sites excluding steroid dienone is 3. The van der Waals surface area contributed by atoms with Crippen LogP contribution in [0.25, 0.3) is 0 Å². The lowest BCUT2D eigenvalue weighted by atomic mass is 9.83. The summed E-state index contributed by atoms with van der Waals surface area (Å²) in [6.45, 7) is 3.63. The largest absolute Gasteiger partial charge is 0.418 e. The van der Waals surface area contributed by atoms with Crippen LogP contribution < -0.4 is 4.90 Å². The topological polar surface area (TPSA) is 64.4 Å². The van der Waals surface area contributed by atoms with Crippen molar-refractivity contribution in [2.75, 3.05) is 11.9 Å². The van der Waals surface area contributed by atoms with E-state index in [0.29, 0.717) is 16.2 Å². The Balaban J connectivity index is 1.87. The molecule has 178 valence electrons. The van der Waals surface area contributed by atoms with Crippen LogP contribution in [-0.4, -0.2) is 29.9 Å². The number of benzene rings is 2. The van der Waals surface area contributed by atoms with Gasteiger partial charge in [-0.3, -0.25) is 14.5 Å². The molecular formula is C27H22F3N3O2. The molecular weight excluding hydrogens is 455 g/mol. The number of para-hydroxylation sites is 1. The number of hydrogen-bond acceptors (Lipinski definition) is 4. The maximum Gasteiger partial charge on any atom is 0.418 e. The third-order valence-corrected chi connectivity index (χ3v) is 6.38. The van der Waals surface area contributed by atoms with Crippen molar-refractivity contribution >= 4 is 17.5 Å². The third kappa shape index (κ3) is 4.03. The van der Waals surface area contributed by atoms with Gasteiger partial charge in [-0.05, 0) is 29.3 Å². The molecule has 2 heterocycles. The highest BCUT2D eigenvalue weighted by molar-refractivity contribution is 6.18. The Bertz CT molecular complexity index is 1350. The van der Waals surface area contributed by atoms with E-state index in [1.54, 1.807) is 37.4 Å². The fourth-order valence-corrected chi connectivity index (χ4v) is 4.65. The summed E-state index contributed by atoms with van der Waals surface area (Å²) < 4.78 is 42.2. The van der Waals surface area contributed by atoms with Gasteiger partial charge in [-0.25, -0.2) is 0 Å². The van der Waals surface area contributed by atoms with Crippen LogP contribution in [0.15, 0.2) is 89.2 Å². The smallest absolute Gasteiger partial charge is 0.347 e. The standard InChI is InChI=1S/C27H22F3N3O2/c1-26(2)20-11-7-8-12-21(20)32(3)22(26)14-13-18-23(27(28,29)30)19(15-31)25(35)33(24(18)34)16-17-9-5-4-6-10-17/h4-14H,16H2,1-3H3/b18-13-,22-14+. The zero-order valence-electron chi connectivity index (χ0n) is 19.3. The van der Waals surface area contributed by atoms with Crippen LogP contribution in [0.3, 0.4) is 0 Å². The minimum atomic E-state index is -5.07. The summed E-state index contributed by atoms with van der Waals surface area (Å²) in [4.78, 5) is 28.6. The van der Waals surface area contributed by atoms with Crippen LogP contribution >= 0.6 is 0 Å². The molecule has 0 fully saturated rings. The van der Waals surface area contributed by atoms with E-state index in [-0.39, 0.29) is 6.54 Å². The second-order valence-electron chi connectivity index (χ2n) is 8.88. The summed E-state index contributed by atoms with van der Waals surface area (Å²) in [6.07, 6.45) is -2.53. The van der Waals surface area contributed by atoms with Gasteiger partial charge in [-0.1, -0.05) is 62.4 Å². The van der Waals surface area contributed by atoms with Crippen molar-refractivity contribution in [2.45, 2.75) is 32.0 Å². The van der Waals surface area contributed by atoms with Gasteiger partial charge < -0.3 is 4.90 Å². The lowest BCUT2D eigenvalue weighted by Crippen LogP contribution is -2.44. The van der Waals surface area contributed by atoms with Gasteiger partial charge in [0.25, 0.3) is 11.8 Å². The molecule has 0 N–H and O–H groups in total. The van der Waals surface area contributed by atoms with E-state index in [1.807, 2.05) is 43.0 Å². The molecule has 2 amide bonds. The van der Waals surface area contributed by atoms with Crippen molar-refractivity contribution in [2.24, 2.45) is 0 Å². The minimum Gasteiger partial charge on any atom is -0.347 e. The van der Waals surface area contributed by atoms with Crippen LogP contribution in [-0.2, 0) is 21.5 Å². The Morgan fingerprint density at radius 2 is 1.60 bits per heavy atom. The van der Waals surface area contributed by atoms with Crippen molar-refractivity contribution in [1.29, 1.82) is 5.26 Å². The SMILES string of the molecule is CN1/C(=C/C=C2\C(=O)N(Cc3ccccc3)C(=O)C(C#N)=C2C(F)(F)F)C(C)(C)c2ccccc21. The summed E-state index contributed by atoms with van der Waals surface area (Å²) in [5.74, 6) is -2.36. The number of alkyl halides is 3. The Morgan fingerprint density at radius 1 is 0.971 bits per heavy atom. The Labute approximate surface area is 201 Å². The molecule has 2 aromatic rings. The highest BCUT2D eigenvalue weighted by Crippen LogP contribution is 2.47. The number of fused-ring (bicyclic) bond motifs is 1. The monoisotopic (exact) mass is 477 g/mol. The number of nitrogens with zero attached hydrogens (tertiary/aromatic N) is 3. The first kappa shape index (κ1) is 24.0. The quantitative estimate of drug-likeness (QED) is 0.452. The average molecular weight is 477 g/mol. The second-order valence-corrected chi connectivity index (χ2v) is 8.88. The molecule has 0 bridgehead atoms. The van der Waals surface area contributed by atoms with Gasteiger partial charge in [0.2, 0.25) is 0 Å². The first-order chi connectivity index (χ1) is 16.5. The first-order valence-electron chi connectivity index (χ1n) is 10.9. The van der Waals surface area contributed by atoms with Gasteiger partial charge in [0.15, 0.2) is 0 Å². The predicted molar refractivity (Wildman–Crippen MR) is 125 cm³/mol. The van der Waals surface area contributed by atoms with Crippen LogP contribution in [0.2, 0.25) is 0 Å². The molecule has 8 heteroatoms. The number of anilines is 1. The lowest BCUT2D eigenvalue weighted by Gasteiger charge is -2.29. The molecule has 35 heavy (non-hydrogen) atoms. The van der Waals surface area contributed by atoms with Gasteiger partial charge >= 0.3 is 6.18 Å². The van der Waals surface area contributed by atoms with E-state index in [9.17, 15) is 28.0 Å². The Hall–Kier alpha value is -4.12. The van der Waals surface area contributed by atoms with E-state index in [1.165, 1.54) is 12.1 Å². The summed E-state index contributed by atoms with van der Waals surface area (Å²) in [6, 6.07) is 17.4. The van der Waals surface area contributed by atoms with E-state index < -0.39 is 40.1 Å². The fraction of sp³-hybridized carbons (Fsp3) is 0.222. The second kappa shape index (κ2) is 8.58. The molecule has 0 aliphatic carbocycles. The fourth-order valence-electron chi connectivity index (χ4n) is 4.65. The van der Waals surface area contributed by atoms with Crippen LogP contribution in [0, 0.1) is 11.3 Å². The lowest BCUT2D eigenvalue weighted by molar-refractivity contribution is -0.144. The molecule has 0 aromatic heterocycles. The number of carbonyl (C=O) groups excluding carboxylic acids is 2. The van der Waals surface area contributed by atoms with Crippen molar-refractivity contribution < 1.29 is 22.8 Å². The molecule has 5 nitrogen and oxygen atoms in total. The summed E-state index contributed by atoms with van der Waals surface area (Å²) >= 11 is 0.